The van der Waals surface area contributed by atoms with Crippen LogP contribution in [-0.4, -0.2) is 137 Å². The van der Waals surface area contributed by atoms with Crippen LogP contribution in [0.4, 0.5) is 0 Å². The molecule has 1 rings (SSSR count). The average Bonchev–Trinajstić information content (AvgIpc) is 3.31. The topological polar surface area (TPSA) is 368 Å². The molecule has 14 N–H and O–H groups in total. The Bertz CT molecular complexity index is 1730. The van der Waals surface area contributed by atoms with Crippen molar-refractivity contribution in [1.29, 1.82) is 0 Å². The van der Waals surface area contributed by atoms with Crippen LogP contribution >= 0.6 is 0 Å². The van der Waals surface area contributed by atoms with Crippen molar-refractivity contribution in [2.75, 3.05) is 33.3 Å². The number of rotatable bonds is 42. The summed E-state index contributed by atoms with van der Waals surface area (Å²) in [5.74, 6) is -6.23. The van der Waals surface area contributed by atoms with E-state index in [4.69, 9.17) is 26.4 Å². The van der Waals surface area contributed by atoms with Gasteiger partial charge in [-0.1, -0.05) is 38.5 Å². The highest BCUT2D eigenvalue weighted by Crippen LogP contribution is 2.15. The van der Waals surface area contributed by atoms with Gasteiger partial charge in [-0.25, -0.2) is 14.4 Å². The molecule has 5 amide bonds. The predicted octanol–water partition coefficient (Wildman–Crippen LogP) is 2.16. The van der Waals surface area contributed by atoms with Gasteiger partial charge in [-0.2, -0.15) is 0 Å². The maximum absolute atomic E-state index is 12.6. The van der Waals surface area contributed by atoms with Gasteiger partial charge in [0.05, 0.1) is 24.3 Å². The first-order valence-corrected chi connectivity index (χ1v) is 24.2. The number of nitrogens with one attached hydrogen (secondary N) is 6. The summed E-state index contributed by atoms with van der Waals surface area (Å²) in [5, 5.41) is 52.9. The van der Waals surface area contributed by atoms with Gasteiger partial charge in [0, 0.05) is 38.9 Å². The van der Waals surface area contributed by atoms with Gasteiger partial charge in [0.1, 0.15) is 23.9 Å². The summed E-state index contributed by atoms with van der Waals surface area (Å²) in [6.07, 6.45) is 11.0. The van der Waals surface area contributed by atoms with Crippen LogP contribution in [0.3, 0.4) is 0 Å². The van der Waals surface area contributed by atoms with Crippen molar-refractivity contribution < 1.29 is 68.3 Å². The number of ether oxygens (including phenoxy) is 1. The first kappa shape index (κ1) is 61.1. The lowest BCUT2D eigenvalue weighted by molar-refractivity contribution is -0.143. The Labute approximate surface area is 404 Å². The molecule has 0 heterocycles. The monoisotopic (exact) mass is 979 g/mol. The molecule has 69 heavy (non-hydrogen) atoms. The zero-order chi connectivity index (χ0) is 51.4. The first-order chi connectivity index (χ1) is 32.9. The molecular formula is C47H78N8O14. The van der Waals surface area contributed by atoms with Crippen molar-refractivity contribution in [2.45, 2.75) is 171 Å². The van der Waals surface area contributed by atoms with Crippen LogP contribution in [0, 0.1) is 0 Å². The minimum Gasteiger partial charge on any atom is -0.494 e. The fourth-order valence-electron chi connectivity index (χ4n) is 7.04. The van der Waals surface area contributed by atoms with E-state index in [2.05, 4.69) is 31.9 Å². The van der Waals surface area contributed by atoms with Crippen LogP contribution in [0.15, 0.2) is 24.3 Å². The summed E-state index contributed by atoms with van der Waals surface area (Å²) in [4.78, 5) is 108. The summed E-state index contributed by atoms with van der Waals surface area (Å²) in [6.45, 7) is 1.54. The molecule has 0 radical (unpaired) electrons. The number of unbranched alkanes of at least 4 members (excludes halogenated alkanes) is 10. The average molecular weight is 979 g/mol. The summed E-state index contributed by atoms with van der Waals surface area (Å²) < 4.78 is 5.64. The van der Waals surface area contributed by atoms with Crippen LogP contribution in [0.1, 0.15) is 152 Å². The molecule has 0 aliphatic carbocycles. The van der Waals surface area contributed by atoms with E-state index < -0.39 is 71.8 Å². The number of nitrogens with two attached hydrogens (primary N) is 2. The fourth-order valence-corrected chi connectivity index (χ4v) is 7.04. The minimum atomic E-state index is -1.40. The number of aliphatic carboxylic acids is 3. The third-order valence-electron chi connectivity index (χ3n) is 11.3. The summed E-state index contributed by atoms with van der Waals surface area (Å²) in [5.41, 5.74) is 12.2. The zero-order valence-electron chi connectivity index (χ0n) is 40.1. The largest absolute Gasteiger partial charge is 0.494 e. The van der Waals surface area contributed by atoms with E-state index in [1.54, 1.807) is 19.2 Å². The van der Waals surface area contributed by atoms with Crippen molar-refractivity contribution >= 4 is 53.4 Å². The van der Waals surface area contributed by atoms with E-state index >= 15 is 0 Å². The maximum Gasteiger partial charge on any atom is 0.335 e. The molecular weight excluding hydrogens is 901 g/mol. The van der Waals surface area contributed by atoms with Gasteiger partial charge < -0.3 is 68.5 Å². The van der Waals surface area contributed by atoms with Crippen LogP contribution < -0.4 is 48.1 Å². The second-order valence-corrected chi connectivity index (χ2v) is 17.1. The third-order valence-corrected chi connectivity index (χ3v) is 11.3. The van der Waals surface area contributed by atoms with Crippen LogP contribution in [0.2, 0.25) is 0 Å². The normalized spacial score (nSPS) is 13.1. The van der Waals surface area contributed by atoms with E-state index in [0.29, 0.717) is 89.7 Å². The van der Waals surface area contributed by atoms with Crippen molar-refractivity contribution in [3.8, 4) is 5.75 Å². The van der Waals surface area contributed by atoms with Gasteiger partial charge in [-0.05, 0) is 115 Å². The van der Waals surface area contributed by atoms with Gasteiger partial charge in [0.2, 0.25) is 29.5 Å². The lowest BCUT2D eigenvalue weighted by Gasteiger charge is -2.17. The molecule has 0 aliphatic rings. The predicted molar refractivity (Wildman–Crippen MR) is 255 cm³/mol. The highest BCUT2D eigenvalue weighted by Gasteiger charge is 2.25. The van der Waals surface area contributed by atoms with E-state index in [9.17, 15) is 53.4 Å². The molecule has 0 unspecified atom stereocenters. The second kappa shape index (κ2) is 37.1. The van der Waals surface area contributed by atoms with Gasteiger partial charge in [-0.15, -0.1) is 0 Å². The summed E-state index contributed by atoms with van der Waals surface area (Å²) in [6, 6.07) is 1.44. The molecule has 0 saturated carbocycles. The molecule has 0 spiro atoms. The molecule has 22 heteroatoms. The zero-order valence-corrected chi connectivity index (χ0v) is 40.1. The number of hydrogen-bond donors (Lipinski definition) is 12. The molecule has 0 fully saturated rings. The molecule has 1 aromatic rings. The maximum atomic E-state index is 12.6. The number of carboxylic acid groups (broad SMARTS) is 4. The number of carbonyl (C=O) groups is 9. The first-order valence-electron chi connectivity index (χ1n) is 24.2. The van der Waals surface area contributed by atoms with Gasteiger partial charge in [0.15, 0.2) is 0 Å². The Morgan fingerprint density at radius 3 is 1.36 bits per heavy atom. The summed E-state index contributed by atoms with van der Waals surface area (Å²) >= 11 is 0. The number of likely N-dealkylation sites (N-methyl/N-ethyl adjacent to an activating group) is 1. The number of benzene rings is 1. The number of aromatic carboxylic acids is 1. The highest BCUT2D eigenvalue weighted by atomic mass is 16.5. The van der Waals surface area contributed by atoms with E-state index in [-0.39, 0.29) is 56.0 Å². The van der Waals surface area contributed by atoms with Crippen molar-refractivity contribution in [3.05, 3.63) is 29.8 Å². The molecule has 5 atom stereocenters. The van der Waals surface area contributed by atoms with E-state index in [0.717, 1.165) is 44.9 Å². The molecule has 390 valence electrons. The smallest absolute Gasteiger partial charge is 0.335 e. The Morgan fingerprint density at radius 1 is 0.478 bits per heavy atom. The Kier molecular flexibility index (Phi) is 32.9. The third kappa shape index (κ3) is 30.3. The number of carboxylic acids is 4. The molecule has 0 bridgehead atoms. The Balaban J connectivity index is 2.16. The standard InChI is InChI=1S/C47H78N8O14/c1-50-36(45(63)64)18-11-14-30-53-43(60)35(49)17-10-13-29-52-42(59)34(48)16-9-12-28-51-39(56)26-24-37(46(65)66)55-41(58)27-25-38(47(67)68)54-40(57)19-8-6-4-2-3-5-7-15-31-69-33-22-20-32(21-23-33)44(61)62/h20-23,34-38,50H,2-19,24-31,48-49H2,1H3,(H,51,56)(H,52,59)(H,53,60)(H,54,57)(H,55,58)(H,61,62)(H,63,64)(H,65,66)(H,67,68)/t34-,35-,36-,37-,38-/m0/s1. The van der Waals surface area contributed by atoms with Crippen LogP contribution in [-0.2, 0) is 38.4 Å². The van der Waals surface area contributed by atoms with E-state index in [1.165, 1.54) is 12.1 Å². The van der Waals surface area contributed by atoms with Crippen molar-refractivity contribution in [2.24, 2.45) is 11.5 Å². The molecule has 0 aliphatic heterocycles. The minimum absolute atomic E-state index is 0.125. The summed E-state index contributed by atoms with van der Waals surface area (Å²) in [7, 11) is 1.58. The van der Waals surface area contributed by atoms with Crippen molar-refractivity contribution in [1.82, 2.24) is 31.9 Å². The molecule has 22 nitrogen and oxygen atoms in total. The Morgan fingerprint density at radius 2 is 0.899 bits per heavy atom. The number of carbonyl (C=O) groups excluding carboxylic acids is 5. The SMILES string of the molecule is CN[C@@H](CCCCNC(=O)[C@@H](N)CCCCNC(=O)[C@@H](N)CCCCNC(=O)CC[C@H](NC(=O)CC[C@H](NC(=O)CCCCCCCCCCOc1ccc(C(=O)O)cc1)C(=O)O)C(=O)O)C(=O)O. The van der Waals surface area contributed by atoms with Crippen LogP contribution in [0.25, 0.3) is 0 Å². The Hall–Kier alpha value is -5.87. The molecule has 0 aromatic heterocycles. The van der Waals surface area contributed by atoms with Crippen LogP contribution in [0.5, 0.6) is 5.75 Å². The quantitative estimate of drug-likeness (QED) is 0.0418. The highest BCUT2D eigenvalue weighted by molar-refractivity contribution is 5.88. The lowest BCUT2D eigenvalue weighted by Crippen LogP contribution is -2.44. The molecule has 0 saturated heterocycles. The lowest BCUT2D eigenvalue weighted by atomic mass is 10.1. The number of amides is 5. The molecule has 1 aromatic carbocycles. The van der Waals surface area contributed by atoms with Gasteiger partial charge in [-0.3, -0.25) is 28.8 Å². The van der Waals surface area contributed by atoms with Crippen molar-refractivity contribution in [3.63, 3.8) is 0 Å². The van der Waals surface area contributed by atoms with E-state index in [1.807, 2.05) is 0 Å². The number of hydrogen-bond acceptors (Lipinski definition) is 13. The fraction of sp³-hybridized carbons (Fsp3) is 0.681. The van der Waals surface area contributed by atoms with Gasteiger partial charge in [0.25, 0.3) is 0 Å². The van der Waals surface area contributed by atoms with Gasteiger partial charge >= 0.3 is 23.9 Å². The second-order valence-electron chi connectivity index (χ2n) is 17.1.